The molecule has 0 atom stereocenters. The van der Waals surface area contributed by atoms with Crippen LogP contribution >= 0.6 is 11.8 Å². The van der Waals surface area contributed by atoms with Crippen LogP contribution < -0.4 is 0 Å². The van der Waals surface area contributed by atoms with Crippen molar-refractivity contribution in [3.8, 4) is 0 Å². The minimum absolute atomic E-state index is 0.141. The summed E-state index contributed by atoms with van der Waals surface area (Å²) in [5, 5.41) is 4.87. The molecule has 0 aliphatic heterocycles. The predicted octanol–water partition coefficient (Wildman–Crippen LogP) is 3.16. The van der Waals surface area contributed by atoms with Gasteiger partial charge in [0.15, 0.2) is 10.5 Å². The van der Waals surface area contributed by atoms with Gasteiger partial charge >= 0.3 is 0 Å². The summed E-state index contributed by atoms with van der Waals surface area (Å²) in [6.45, 7) is 5.63. The Kier molecular flexibility index (Phi) is 5.84. The molecule has 0 fully saturated rings. The minimum Gasteiger partial charge on any atom is -0.378 e. The molecule has 0 aliphatic carbocycles. The van der Waals surface area contributed by atoms with Crippen molar-refractivity contribution in [2.45, 2.75) is 37.3 Å². The number of aryl methyl sites for hydroxylation is 1. The zero-order valence-electron chi connectivity index (χ0n) is 14.4. The lowest BCUT2D eigenvalue weighted by Crippen LogP contribution is -2.07. The molecule has 0 amide bonds. The van der Waals surface area contributed by atoms with Crippen molar-refractivity contribution >= 4 is 27.2 Å². The van der Waals surface area contributed by atoms with Gasteiger partial charge in [0.1, 0.15) is 5.03 Å². The van der Waals surface area contributed by atoms with Crippen LogP contribution in [0.4, 0.5) is 0 Å². The maximum atomic E-state index is 13.1. The van der Waals surface area contributed by atoms with Crippen LogP contribution in [0.1, 0.15) is 25.2 Å². The Morgan fingerprint density at radius 3 is 2.67 bits per heavy atom. The van der Waals surface area contributed by atoms with Crippen LogP contribution in [0.25, 0.3) is 5.65 Å². The van der Waals surface area contributed by atoms with Gasteiger partial charge in [-0.25, -0.2) is 17.9 Å². The minimum atomic E-state index is -3.72. The van der Waals surface area contributed by atoms with Crippen LogP contribution in [-0.2, 0) is 21.2 Å². The first-order chi connectivity index (χ1) is 11.4. The van der Waals surface area contributed by atoms with Crippen molar-refractivity contribution in [3.05, 3.63) is 40.6 Å². The van der Waals surface area contributed by atoms with E-state index in [1.54, 1.807) is 50.0 Å². The van der Waals surface area contributed by atoms with E-state index in [4.69, 9.17) is 4.74 Å². The quantitative estimate of drug-likeness (QED) is 0.577. The maximum Gasteiger partial charge on any atom is 0.212 e. The highest BCUT2D eigenvalue weighted by Gasteiger charge is 2.29. The van der Waals surface area contributed by atoms with Crippen LogP contribution in [-0.4, -0.2) is 36.4 Å². The van der Waals surface area contributed by atoms with Crippen molar-refractivity contribution in [3.63, 3.8) is 0 Å². The molecule has 0 N–H and O–H groups in total. The summed E-state index contributed by atoms with van der Waals surface area (Å²) in [6, 6.07) is 1.84. The Labute approximate surface area is 146 Å². The van der Waals surface area contributed by atoms with E-state index < -0.39 is 9.84 Å². The van der Waals surface area contributed by atoms with Gasteiger partial charge in [-0.3, -0.25) is 0 Å². The summed E-state index contributed by atoms with van der Waals surface area (Å²) in [7, 11) is -2.14. The summed E-state index contributed by atoms with van der Waals surface area (Å²) < 4.78 is 33.0. The van der Waals surface area contributed by atoms with Crippen LogP contribution in [0.5, 0.6) is 0 Å². The predicted molar refractivity (Wildman–Crippen MR) is 96.0 cm³/mol. The van der Waals surface area contributed by atoms with E-state index in [0.717, 1.165) is 5.69 Å². The number of ether oxygens (including phenoxy) is 1. The van der Waals surface area contributed by atoms with E-state index in [-0.39, 0.29) is 9.80 Å². The Balaban J connectivity index is 2.88. The van der Waals surface area contributed by atoms with Gasteiger partial charge in [0.05, 0.1) is 17.2 Å². The van der Waals surface area contributed by atoms with Crippen molar-refractivity contribution in [1.29, 1.82) is 0 Å². The first-order valence-electron chi connectivity index (χ1n) is 7.37. The van der Waals surface area contributed by atoms with Gasteiger partial charge in [-0.15, -0.1) is 11.8 Å². The summed E-state index contributed by atoms with van der Waals surface area (Å²) in [5.74, 6) is 0. The van der Waals surface area contributed by atoms with Crippen molar-refractivity contribution in [2.75, 3.05) is 13.4 Å². The summed E-state index contributed by atoms with van der Waals surface area (Å²) >= 11 is 1.28. The average molecular weight is 367 g/mol. The highest BCUT2D eigenvalue weighted by molar-refractivity contribution is 8.00. The van der Waals surface area contributed by atoms with Crippen LogP contribution in [0.15, 0.2) is 39.1 Å². The number of hydrogen-bond acceptors (Lipinski definition) is 6. The zero-order chi connectivity index (χ0) is 17.9. The molecule has 24 heavy (non-hydrogen) atoms. The van der Waals surface area contributed by atoms with E-state index in [1.165, 1.54) is 11.8 Å². The topological polar surface area (TPSA) is 73.6 Å². The molecule has 0 bridgehead atoms. The fourth-order valence-corrected chi connectivity index (χ4v) is 4.94. The first kappa shape index (κ1) is 18.7. The molecule has 0 spiro atoms. The van der Waals surface area contributed by atoms with E-state index in [9.17, 15) is 8.42 Å². The monoisotopic (exact) mass is 367 g/mol. The van der Waals surface area contributed by atoms with Crippen molar-refractivity contribution in [2.24, 2.45) is 0 Å². The molecule has 8 heteroatoms. The lowest BCUT2D eigenvalue weighted by molar-refractivity contribution is 0.179. The van der Waals surface area contributed by atoms with Gasteiger partial charge in [-0.2, -0.15) is 5.10 Å². The normalized spacial score (nSPS) is 13.3. The van der Waals surface area contributed by atoms with Crippen LogP contribution in [0.3, 0.4) is 0 Å². The van der Waals surface area contributed by atoms with Gasteiger partial charge in [0.25, 0.3) is 0 Å². The van der Waals surface area contributed by atoms with E-state index in [1.807, 2.05) is 13.0 Å². The fraction of sp³-hybridized carbons (Fsp3) is 0.375. The number of methoxy groups -OCH3 is 1. The molecule has 2 aromatic rings. The number of hydrogen-bond donors (Lipinski definition) is 0. The fourth-order valence-electron chi connectivity index (χ4n) is 2.42. The molecule has 0 radical (unpaired) electrons. The summed E-state index contributed by atoms with van der Waals surface area (Å²) in [4.78, 5) is 4.80. The Morgan fingerprint density at radius 2 is 2.12 bits per heavy atom. The lowest BCUT2D eigenvalue weighted by Gasteiger charge is -2.07. The highest BCUT2D eigenvalue weighted by Crippen LogP contribution is 2.32. The third-order valence-electron chi connectivity index (χ3n) is 3.40. The van der Waals surface area contributed by atoms with E-state index in [0.29, 0.717) is 23.0 Å². The van der Waals surface area contributed by atoms with Crippen molar-refractivity contribution < 1.29 is 13.2 Å². The number of rotatable bonds is 6. The molecular weight excluding hydrogens is 346 g/mol. The number of sulfone groups is 1. The molecule has 2 heterocycles. The number of fused-ring (bicyclic) bond motifs is 1. The largest absolute Gasteiger partial charge is 0.378 e. The Morgan fingerprint density at radius 1 is 1.42 bits per heavy atom. The standard InChI is InChI=1S/C16H21N3O3S2/c1-6-8-13(7-2)24(20,21)14-15-17-11(3)9-12(10-22-4)19(15)18-16(14)23-5/h6-9H,10H2,1-5H3/b8-6-,13-7+. The van der Waals surface area contributed by atoms with Gasteiger partial charge in [0.2, 0.25) is 9.84 Å². The Hall–Kier alpha value is -1.64. The van der Waals surface area contributed by atoms with Crippen molar-refractivity contribution in [1.82, 2.24) is 14.6 Å². The third-order valence-corrected chi connectivity index (χ3v) is 6.11. The molecular formula is C16H21N3O3S2. The van der Waals surface area contributed by atoms with Crippen LogP contribution in [0.2, 0.25) is 0 Å². The zero-order valence-corrected chi connectivity index (χ0v) is 16.0. The van der Waals surface area contributed by atoms with Gasteiger partial charge in [-0.1, -0.05) is 12.2 Å². The molecule has 0 saturated carbocycles. The summed E-state index contributed by atoms with van der Waals surface area (Å²) in [5.41, 5.74) is 1.80. The number of thioether (sulfide) groups is 1. The number of aromatic nitrogens is 3. The maximum absolute atomic E-state index is 13.1. The van der Waals surface area contributed by atoms with Crippen LogP contribution in [0, 0.1) is 6.92 Å². The second kappa shape index (κ2) is 7.50. The third kappa shape index (κ3) is 3.26. The molecule has 0 aliphatic rings. The van der Waals surface area contributed by atoms with E-state index >= 15 is 0 Å². The average Bonchev–Trinajstić information content (AvgIpc) is 2.91. The van der Waals surface area contributed by atoms with Gasteiger partial charge in [0, 0.05) is 12.8 Å². The van der Waals surface area contributed by atoms with Gasteiger partial charge < -0.3 is 4.74 Å². The van der Waals surface area contributed by atoms with Gasteiger partial charge in [-0.05, 0) is 39.2 Å². The Bertz CT molecular complexity index is 912. The second-order valence-corrected chi connectivity index (χ2v) is 7.77. The lowest BCUT2D eigenvalue weighted by atomic mass is 10.3. The molecule has 0 unspecified atom stereocenters. The molecule has 2 aromatic heterocycles. The molecule has 6 nitrogen and oxygen atoms in total. The van der Waals surface area contributed by atoms with E-state index in [2.05, 4.69) is 10.1 Å². The summed E-state index contributed by atoms with van der Waals surface area (Å²) in [6.07, 6.45) is 6.66. The number of nitrogens with zero attached hydrogens (tertiary/aromatic N) is 3. The SMILES string of the molecule is C/C=C\C(=C/C)S(=O)(=O)c1c(SC)nn2c(COC)cc(C)nc12. The second-order valence-electron chi connectivity index (χ2n) is 5.09. The molecule has 130 valence electrons. The first-order valence-corrected chi connectivity index (χ1v) is 10.1. The molecule has 0 aromatic carbocycles. The molecule has 0 saturated heterocycles. The smallest absolute Gasteiger partial charge is 0.212 e. The molecule has 2 rings (SSSR count). The highest BCUT2D eigenvalue weighted by atomic mass is 32.2. The number of allylic oxidation sites excluding steroid dienone is 3.